The second kappa shape index (κ2) is 6.63. The van der Waals surface area contributed by atoms with Crippen molar-refractivity contribution in [2.24, 2.45) is 10.9 Å². The Morgan fingerprint density at radius 3 is 2.80 bits per heavy atom. The standard InChI is InChI=1S/C10H21N3O2/c1-15-8-7-13(9-4-5-9)6-2-3-10(11)12-14/h9,14H,2-8H2,1H3,(H2,11,12). The van der Waals surface area contributed by atoms with E-state index >= 15 is 0 Å². The summed E-state index contributed by atoms with van der Waals surface area (Å²) in [6.07, 6.45) is 4.20. The predicted octanol–water partition coefficient (Wildman–Crippen LogP) is 0.624. The number of nitrogens with zero attached hydrogens (tertiary/aromatic N) is 2. The number of ether oxygens (including phenoxy) is 1. The lowest BCUT2D eigenvalue weighted by Gasteiger charge is -2.21. The molecule has 3 N–H and O–H groups in total. The van der Waals surface area contributed by atoms with Crippen LogP contribution in [0.25, 0.3) is 0 Å². The van der Waals surface area contributed by atoms with Gasteiger partial charge in [0, 0.05) is 26.1 Å². The number of amidine groups is 1. The Labute approximate surface area is 90.9 Å². The van der Waals surface area contributed by atoms with Gasteiger partial charge in [-0.1, -0.05) is 5.16 Å². The largest absolute Gasteiger partial charge is 0.409 e. The number of oxime groups is 1. The lowest BCUT2D eigenvalue weighted by atomic mass is 10.2. The summed E-state index contributed by atoms with van der Waals surface area (Å²) in [6.45, 7) is 2.77. The zero-order chi connectivity index (χ0) is 11.1. The second-order valence-corrected chi connectivity index (χ2v) is 3.95. The molecule has 0 radical (unpaired) electrons. The smallest absolute Gasteiger partial charge is 0.139 e. The Kier molecular flexibility index (Phi) is 5.42. The van der Waals surface area contributed by atoms with Crippen molar-refractivity contribution < 1.29 is 9.94 Å². The summed E-state index contributed by atoms with van der Waals surface area (Å²) in [4.78, 5) is 2.42. The summed E-state index contributed by atoms with van der Waals surface area (Å²) in [6, 6.07) is 0.743. The molecule has 0 atom stereocenters. The highest BCUT2D eigenvalue weighted by Crippen LogP contribution is 2.26. The third-order valence-electron chi connectivity index (χ3n) is 2.65. The van der Waals surface area contributed by atoms with E-state index < -0.39 is 0 Å². The summed E-state index contributed by atoms with van der Waals surface area (Å²) >= 11 is 0. The van der Waals surface area contributed by atoms with Crippen molar-refractivity contribution in [2.75, 3.05) is 26.8 Å². The van der Waals surface area contributed by atoms with Crippen molar-refractivity contribution in [1.29, 1.82) is 0 Å². The van der Waals surface area contributed by atoms with E-state index in [1.165, 1.54) is 12.8 Å². The number of rotatable bonds is 8. The predicted molar refractivity (Wildman–Crippen MR) is 59.1 cm³/mol. The molecule has 0 amide bonds. The normalized spacial score (nSPS) is 17.3. The SMILES string of the molecule is COCCN(CCC/C(N)=N/O)C1CC1. The molecule has 15 heavy (non-hydrogen) atoms. The van der Waals surface area contributed by atoms with Crippen molar-refractivity contribution in [2.45, 2.75) is 31.7 Å². The van der Waals surface area contributed by atoms with Gasteiger partial charge in [-0.2, -0.15) is 0 Å². The van der Waals surface area contributed by atoms with E-state index in [1.807, 2.05) is 0 Å². The molecule has 1 rings (SSSR count). The molecule has 1 aliphatic carbocycles. The zero-order valence-electron chi connectivity index (χ0n) is 9.35. The van der Waals surface area contributed by atoms with Crippen LogP contribution in [-0.2, 0) is 4.74 Å². The Bertz CT molecular complexity index is 205. The molecule has 0 aromatic carbocycles. The van der Waals surface area contributed by atoms with E-state index in [0.29, 0.717) is 12.3 Å². The summed E-state index contributed by atoms with van der Waals surface area (Å²) in [5.74, 6) is 0.317. The molecule has 0 heterocycles. The number of hydrogen-bond acceptors (Lipinski definition) is 4. The van der Waals surface area contributed by atoms with Gasteiger partial charge >= 0.3 is 0 Å². The van der Waals surface area contributed by atoms with Crippen LogP contribution in [0.1, 0.15) is 25.7 Å². The first-order valence-electron chi connectivity index (χ1n) is 5.47. The van der Waals surface area contributed by atoms with Gasteiger partial charge in [-0.3, -0.25) is 4.90 Å². The van der Waals surface area contributed by atoms with Crippen molar-refractivity contribution >= 4 is 5.84 Å². The minimum Gasteiger partial charge on any atom is -0.409 e. The maximum atomic E-state index is 8.39. The molecule has 0 aliphatic heterocycles. The van der Waals surface area contributed by atoms with Gasteiger partial charge in [-0.05, 0) is 25.8 Å². The lowest BCUT2D eigenvalue weighted by molar-refractivity contribution is 0.143. The van der Waals surface area contributed by atoms with E-state index in [0.717, 1.165) is 32.2 Å². The highest BCUT2D eigenvalue weighted by Gasteiger charge is 2.27. The van der Waals surface area contributed by atoms with Crippen LogP contribution in [0, 0.1) is 0 Å². The van der Waals surface area contributed by atoms with Crippen LogP contribution in [0.5, 0.6) is 0 Å². The number of hydrogen-bond donors (Lipinski definition) is 2. The summed E-state index contributed by atoms with van der Waals surface area (Å²) < 4.78 is 5.07. The fourth-order valence-corrected chi connectivity index (χ4v) is 1.64. The van der Waals surface area contributed by atoms with Gasteiger partial charge in [0.1, 0.15) is 5.84 Å². The van der Waals surface area contributed by atoms with Crippen LogP contribution in [-0.4, -0.2) is 48.8 Å². The Morgan fingerprint density at radius 2 is 2.27 bits per heavy atom. The highest BCUT2D eigenvalue weighted by atomic mass is 16.5. The molecule has 0 aromatic rings. The van der Waals surface area contributed by atoms with Crippen LogP contribution in [0.2, 0.25) is 0 Å². The minimum atomic E-state index is 0.317. The Hall–Kier alpha value is -0.810. The second-order valence-electron chi connectivity index (χ2n) is 3.95. The molecular weight excluding hydrogens is 194 g/mol. The number of nitrogens with two attached hydrogens (primary N) is 1. The lowest BCUT2D eigenvalue weighted by Crippen LogP contribution is -2.31. The van der Waals surface area contributed by atoms with Gasteiger partial charge in [0.05, 0.1) is 6.61 Å². The van der Waals surface area contributed by atoms with Crippen molar-refractivity contribution in [3.8, 4) is 0 Å². The molecule has 5 nitrogen and oxygen atoms in total. The minimum absolute atomic E-state index is 0.317. The first-order chi connectivity index (χ1) is 7.27. The topological polar surface area (TPSA) is 71.1 Å². The van der Waals surface area contributed by atoms with Gasteiger partial charge in [0.25, 0.3) is 0 Å². The maximum Gasteiger partial charge on any atom is 0.139 e. The molecule has 5 heteroatoms. The van der Waals surface area contributed by atoms with E-state index in [-0.39, 0.29) is 0 Å². The van der Waals surface area contributed by atoms with Gasteiger partial charge in [-0.25, -0.2) is 0 Å². The van der Waals surface area contributed by atoms with Crippen LogP contribution >= 0.6 is 0 Å². The van der Waals surface area contributed by atoms with Crippen LogP contribution in [0.15, 0.2) is 5.16 Å². The quantitative estimate of drug-likeness (QED) is 0.269. The molecule has 0 spiro atoms. The molecule has 88 valence electrons. The number of methoxy groups -OCH3 is 1. The van der Waals surface area contributed by atoms with E-state index in [2.05, 4.69) is 10.1 Å². The van der Waals surface area contributed by atoms with Crippen LogP contribution in [0.3, 0.4) is 0 Å². The molecule has 1 saturated carbocycles. The average molecular weight is 215 g/mol. The van der Waals surface area contributed by atoms with Gasteiger partial charge in [0.2, 0.25) is 0 Å². The average Bonchev–Trinajstić information content (AvgIpc) is 3.06. The third-order valence-corrected chi connectivity index (χ3v) is 2.65. The van der Waals surface area contributed by atoms with E-state index in [1.54, 1.807) is 7.11 Å². The molecule has 0 unspecified atom stereocenters. The molecule has 1 fully saturated rings. The fraction of sp³-hybridized carbons (Fsp3) is 0.900. The van der Waals surface area contributed by atoms with Gasteiger partial charge in [0.15, 0.2) is 0 Å². The molecule has 1 aliphatic rings. The van der Waals surface area contributed by atoms with Gasteiger partial charge in [-0.15, -0.1) is 0 Å². The first kappa shape index (κ1) is 12.3. The van der Waals surface area contributed by atoms with Gasteiger partial charge < -0.3 is 15.7 Å². The third kappa shape index (κ3) is 4.99. The zero-order valence-corrected chi connectivity index (χ0v) is 9.35. The Balaban J connectivity index is 2.14. The summed E-state index contributed by atoms with van der Waals surface area (Å²) in [7, 11) is 1.72. The highest BCUT2D eigenvalue weighted by molar-refractivity contribution is 5.79. The Morgan fingerprint density at radius 1 is 1.53 bits per heavy atom. The molecular formula is C10H21N3O2. The summed E-state index contributed by atoms with van der Waals surface area (Å²) in [5, 5.41) is 11.4. The van der Waals surface area contributed by atoms with Crippen LogP contribution in [0.4, 0.5) is 0 Å². The fourth-order valence-electron chi connectivity index (χ4n) is 1.64. The van der Waals surface area contributed by atoms with Crippen molar-refractivity contribution in [3.63, 3.8) is 0 Å². The molecule has 0 saturated heterocycles. The summed E-state index contributed by atoms with van der Waals surface area (Å²) in [5.41, 5.74) is 5.41. The van der Waals surface area contributed by atoms with Crippen molar-refractivity contribution in [1.82, 2.24) is 4.90 Å². The van der Waals surface area contributed by atoms with E-state index in [4.69, 9.17) is 15.7 Å². The maximum absolute atomic E-state index is 8.39. The monoisotopic (exact) mass is 215 g/mol. The molecule has 0 bridgehead atoms. The van der Waals surface area contributed by atoms with E-state index in [9.17, 15) is 0 Å². The molecule has 0 aromatic heterocycles. The first-order valence-corrected chi connectivity index (χ1v) is 5.47. The van der Waals surface area contributed by atoms with Crippen LogP contribution < -0.4 is 5.73 Å². The van der Waals surface area contributed by atoms with Crippen molar-refractivity contribution in [3.05, 3.63) is 0 Å².